The minimum Gasteiger partial charge on any atom is -0.367 e. The molecule has 0 N–H and O–H groups in total. The summed E-state index contributed by atoms with van der Waals surface area (Å²) in [6, 6.07) is 10.2. The molecule has 0 spiro atoms. The van der Waals surface area contributed by atoms with E-state index >= 15 is 0 Å². The van der Waals surface area contributed by atoms with E-state index in [1.165, 1.54) is 5.56 Å². The van der Waals surface area contributed by atoms with Crippen LogP contribution in [0.25, 0.3) is 0 Å². The quantitative estimate of drug-likeness (QED) is 0.640. The molecule has 13 heavy (non-hydrogen) atoms. The Labute approximate surface area is 80.0 Å². The minimum absolute atomic E-state index is 0.227. The molecule has 0 aromatic heterocycles. The van der Waals surface area contributed by atoms with Crippen molar-refractivity contribution in [3.8, 4) is 0 Å². The molecule has 70 valence electrons. The second-order valence-electron chi connectivity index (χ2n) is 3.48. The molecule has 1 nitrogen and oxygen atoms in total. The van der Waals surface area contributed by atoms with Crippen molar-refractivity contribution in [2.75, 3.05) is 6.61 Å². The Bertz CT molecular complexity index is 262. The maximum Gasteiger partial charge on any atom is 0.0879 e. The lowest BCUT2D eigenvalue weighted by Crippen LogP contribution is -2.21. The summed E-state index contributed by atoms with van der Waals surface area (Å²) in [6.45, 7) is 8.34. The van der Waals surface area contributed by atoms with E-state index in [9.17, 15) is 0 Å². The monoisotopic (exact) mass is 176 g/mol. The second kappa shape index (κ2) is 4.24. The molecule has 1 heteroatoms. The molecule has 0 aliphatic rings. The number of hydrogen-bond acceptors (Lipinski definition) is 1. The largest absolute Gasteiger partial charge is 0.367 e. The van der Waals surface area contributed by atoms with Gasteiger partial charge in [-0.25, -0.2) is 0 Å². The van der Waals surface area contributed by atoms with Crippen LogP contribution in [0.5, 0.6) is 0 Å². The van der Waals surface area contributed by atoms with Crippen molar-refractivity contribution in [1.29, 1.82) is 0 Å². The third kappa shape index (κ3) is 2.71. The molecule has 0 radical (unpaired) electrons. The minimum atomic E-state index is -0.227. The maximum absolute atomic E-state index is 5.65. The number of rotatable bonds is 4. The van der Waals surface area contributed by atoms with Crippen molar-refractivity contribution in [3.05, 3.63) is 48.6 Å². The van der Waals surface area contributed by atoms with Crippen molar-refractivity contribution < 1.29 is 4.74 Å². The van der Waals surface area contributed by atoms with Gasteiger partial charge in [-0.1, -0.05) is 36.4 Å². The van der Waals surface area contributed by atoms with Crippen LogP contribution in [0.2, 0.25) is 0 Å². The van der Waals surface area contributed by atoms with Gasteiger partial charge in [0.15, 0.2) is 0 Å². The van der Waals surface area contributed by atoms with Crippen LogP contribution in [0.4, 0.5) is 0 Å². The van der Waals surface area contributed by atoms with Crippen LogP contribution in [0.15, 0.2) is 43.0 Å². The highest BCUT2D eigenvalue weighted by Gasteiger charge is 2.19. The van der Waals surface area contributed by atoms with Gasteiger partial charge in [-0.15, -0.1) is 6.58 Å². The zero-order valence-corrected chi connectivity index (χ0v) is 8.29. The third-order valence-corrected chi connectivity index (χ3v) is 2.03. The number of hydrogen-bond donors (Lipinski definition) is 0. The predicted octanol–water partition coefficient (Wildman–Crippen LogP) is 3.12. The van der Waals surface area contributed by atoms with E-state index in [0.29, 0.717) is 6.61 Å². The number of ether oxygens (including phenoxy) is 1. The highest BCUT2D eigenvalue weighted by molar-refractivity contribution is 5.20. The van der Waals surface area contributed by atoms with Crippen LogP contribution in [0.3, 0.4) is 0 Å². The predicted molar refractivity (Wildman–Crippen MR) is 55.6 cm³/mol. The first-order chi connectivity index (χ1) is 6.17. The van der Waals surface area contributed by atoms with Crippen molar-refractivity contribution in [2.24, 2.45) is 0 Å². The van der Waals surface area contributed by atoms with E-state index in [1.54, 1.807) is 6.08 Å². The Morgan fingerprint density at radius 2 is 1.92 bits per heavy atom. The van der Waals surface area contributed by atoms with Crippen LogP contribution >= 0.6 is 0 Å². The molecule has 0 bridgehead atoms. The lowest BCUT2D eigenvalue weighted by molar-refractivity contribution is -0.00461. The Kier molecular flexibility index (Phi) is 3.26. The van der Waals surface area contributed by atoms with E-state index in [4.69, 9.17) is 4.74 Å². The second-order valence-corrected chi connectivity index (χ2v) is 3.48. The molecule has 0 saturated heterocycles. The van der Waals surface area contributed by atoms with Gasteiger partial charge in [-0.2, -0.15) is 0 Å². The first kappa shape index (κ1) is 10.0. The molecule has 0 fully saturated rings. The van der Waals surface area contributed by atoms with Gasteiger partial charge in [-0.05, 0) is 19.4 Å². The van der Waals surface area contributed by atoms with Gasteiger partial charge in [0.2, 0.25) is 0 Å². The summed E-state index contributed by atoms with van der Waals surface area (Å²) in [5.74, 6) is 0. The van der Waals surface area contributed by atoms with Gasteiger partial charge in [0.25, 0.3) is 0 Å². The number of benzene rings is 1. The topological polar surface area (TPSA) is 9.23 Å². The van der Waals surface area contributed by atoms with Gasteiger partial charge < -0.3 is 4.74 Å². The summed E-state index contributed by atoms with van der Waals surface area (Å²) in [5, 5.41) is 0. The van der Waals surface area contributed by atoms with Gasteiger partial charge >= 0.3 is 0 Å². The standard InChI is InChI=1S/C12H16O/c1-4-10-13-12(2,3)11-8-6-5-7-9-11/h4-9H,1,10H2,2-3H3. The first-order valence-electron chi connectivity index (χ1n) is 4.47. The van der Waals surface area contributed by atoms with Gasteiger partial charge in [0.1, 0.15) is 0 Å². The molecule has 0 aliphatic carbocycles. The first-order valence-corrected chi connectivity index (χ1v) is 4.47. The van der Waals surface area contributed by atoms with E-state index in [-0.39, 0.29) is 5.60 Å². The van der Waals surface area contributed by atoms with Gasteiger partial charge in [0, 0.05) is 0 Å². The van der Waals surface area contributed by atoms with E-state index in [2.05, 4.69) is 32.6 Å². The zero-order valence-electron chi connectivity index (χ0n) is 8.29. The molecule has 0 aliphatic heterocycles. The van der Waals surface area contributed by atoms with E-state index in [0.717, 1.165) is 0 Å². The van der Waals surface area contributed by atoms with E-state index in [1.807, 2.05) is 18.2 Å². The fourth-order valence-corrected chi connectivity index (χ4v) is 1.19. The summed E-state index contributed by atoms with van der Waals surface area (Å²) in [6.07, 6.45) is 1.77. The lowest BCUT2D eigenvalue weighted by Gasteiger charge is -2.25. The maximum atomic E-state index is 5.65. The van der Waals surface area contributed by atoms with Crippen molar-refractivity contribution >= 4 is 0 Å². The fourth-order valence-electron chi connectivity index (χ4n) is 1.19. The highest BCUT2D eigenvalue weighted by Crippen LogP contribution is 2.23. The molecule has 1 aromatic carbocycles. The zero-order chi connectivity index (χ0) is 9.73. The summed E-state index contributed by atoms with van der Waals surface area (Å²) >= 11 is 0. The molecule has 0 saturated carbocycles. The van der Waals surface area contributed by atoms with Crippen LogP contribution in [-0.2, 0) is 10.3 Å². The Balaban J connectivity index is 2.74. The van der Waals surface area contributed by atoms with Gasteiger partial charge in [-0.3, -0.25) is 0 Å². The Morgan fingerprint density at radius 1 is 1.31 bits per heavy atom. The van der Waals surface area contributed by atoms with Crippen molar-refractivity contribution in [3.63, 3.8) is 0 Å². The van der Waals surface area contributed by atoms with Crippen LogP contribution in [0, 0.1) is 0 Å². The molecule has 1 aromatic rings. The lowest BCUT2D eigenvalue weighted by atomic mass is 9.98. The average Bonchev–Trinajstić information content (AvgIpc) is 2.16. The Hall–Kier alpha value is -1.08. The molecule has 0 amide bonds. The Morgan fingerprint density at radius 3 is 2.46 bits per heavy atom. The van der Waals surface area contributed by atoms with Crippen LogP contribution < -0.4 is 0 Å². The fraction of sp³-hybridized carbons (Fsp3) is 0.333. The normalized spacial score (nSPS) is 11.2. The van der Waals surface area contributed by atoms with Gasteiger partial charge in [0.05, 0.1) is 12.2 Å². The summed E-state index contributed by atoms with van der Waals surface area (Å²) in [7, 11) is 0. The van der Waals surface area contributed by atoms with Crippen LogP contribution in [0.1, 0.15) is 19.4 Å². The van der Waals surface area contributed by atoms with E-state index < -0.39 is 0 Å². The summed E-state index contributed by atoms with van der Waals surface area (Å²) in [5.41, 5.74) is 0.965. The smallest absolute Gasteiger partial charge is 0.0879 e. The third-order valence-electron chi connectivity index (χ3n) is 2.03. The average molecular weight is 176 g/mol. The molecule has 1 rings (SSSR count). The highest BCUT2D eigenvalue weighted by atomic mass is 16.5. The SMILES string of the molecule is C=CCOC(C)(C)c1ccccc1. The molecular weight excluding hydrogens is 160 g/mol. The summed E-state index contributed by atoms with van der Waals surface area (Å²) < 4.78 is 5.65. The van der Waals surface area contributed by atoms with Crippen LogP contribution in [-0.4, -0.2) is 6.61 Å². The molecule has 0 heterocycles. The molecule has 0 atom stereocenters. The molecular formula is C12H16O. The summed E-state index contributed by atoms with van der Waals surface area (Å²) in [4.78, 5) is 0. The van der Waals surface area contributed by atoms with Crippen molar-refractivity contribution in [2.45, 2.75) is 19.4 Å². The molecule has 0 unspecified atom stereocenters. The van der Waals surface area contributed by atoms with Crippen molar-refractivity contribution in [1.82, 2.24) is 0 Å².